The first kappa shape index (κ1) is 10.2. The van der Waals surface area contributed by atoms with E-state index in [-0.39, 0.29) is 0 Å². The molecule has 1 heterocycles. The van der Waals surface area contributed by atoms with Gasteiger partial charge < -0.3 is 9.47 Å². The Kier molecular flexibility index (Phi) is 3.06. The monoisotopic (exact) mass is 268 g/mol. The van der Waals surface area contributed by atoms with Gasteiger partial charge in [-0.2, -0.15) is 0 Å². The Morgan fingerprint density at radius 3 is 2.87 bits per heavy atom. The SMILES string of the molecule is O=C/C=C/c1cc(Br)c2c(c1)OCCO2. The third-order valence-electron chi connectivity index (χ3n) is 1.99. The lowest BCUT2D eigenvalue weighted by atomic mass is 10.2. The highest BCUT2D eigenvalue weighted by molar-refractivity contribution is 9.10. The van der Waals surface area contributed by atoms with Crippen molar-refractivity contribution in [2.45, 2.75) is 0 Å². The van der Waals surface area contributed by atoms with Gasteiger partial charge in [0.15, 0.2) is 11.5 Å². The van der Waals surface area contributed by atoms with Crippen LogP contribution in [-0.4, -0.2) is 19.5 Å². The van der Waals surface area contributed by atoms with Crippen molar-refractivity contribution < 1.29 is 14.3 Å². The van der Waals surface area contributed by atoms with Crippen molar-refractivity contribution in [1.29, 1.82) is 0 Å². The van der Waals surface area contributed by atoms with Crippen molar-refractivity contribution in [3.8, 4) is 11.5 Å². The number of carbonyl (C=O) groups is 1. The van der Waals surface area contributed by atoms with Gasteiger partial charge in [0.05, 0.1) is 4.47 Å². The van der Waals surface area contributed by atoms with Gasteiger partial charge in [-0.15, -0.1) is 0 Å². The zero-order valence-corrected chi connectivity index (χ0v) is 9.49. The van der Waals surface area contributed by atoms with Crippen molar-refractivity contribution in [2.24, 2.45) is 0 Å². The molecule has 0 saturated carbocycles. The number of aldehydes is 1. The average Bonchev–Trinajstić information content (AvgIpc) is 2.26. The van der Waals surface area contributed by atoms with Crippen molar-refractivity contribution in [3.63, 3.8) is 0 Å². The van der Waals surface area contributed by atoms with E-state index in [0.717, 1.165) is 22.1 Å². The van der Waals surface area contributed by atoms with Crippen LogP contribution in [0.2, 0.25) is 0 Å². The lowest BCUT2D eigenvalue weighted by Gasteiger charge is -2.19. The number of allylic oxidation sites excluding steroid dienone is 1. The molecule has 0 aliphatic carbocycles. The summed E-state index contributed by atoms with van der Waals surface area (Å²) < 4.78 is 11.7. The van der Waals surface area contributed by atoms with Gasteiger partial charge in [-0.1, -0.05) is 6.08 Å². The summed E-state index contributed by atoms with van der Waals surface area (Å²) in [5.41, 5.74) is 0.901. The molecule has 4 heteroatoms. The molecule has 0 spiro atoms. The Bertz CT molecular complexity index is 413. The zero-order chi connectivity index (χ0) is 10.7. The molecule has 2 rings (SSSR count). The highest BCUT2D eigenvalue weighted by Crippen LogP contribution is 2.38. The first-order chi connectivity index (χ1) is 7.31. The number of halogens is 1. The van der Waals surface area contributed by atoms with Gasteiger partial charge in [-0.25, -0.2) is 0 Å². The van der Waals surface area contributed by atoms with E-state index < -0.39 is 0 Å². The molecule has 0 unspecified atom stereocenters. The maximum atomic E-state index is 10.2. The van der Waals surface area contributed by atoms with Gasteiger partial charge in [0.1, 0.15) is 19.5 Å². The van der Waals surface area contributed by atoms with Crippen LogP contribution >= 0.6 is 15.9 Å². The summed E-state index contributed by atoms with van der Waals surface area (Å²) in [5.74, 6) is 1.44. The third kappa shape index (κ3) is 2.21. The van der Waals surface area contributed by atoms with E-state index in [1.54, 1.807) is 6.08 Å². The molecular weight excluding hydrogens is 260 g/mol. The van der Waals surface area contributed by atoms with Gasteiger partial charge in [0, 0.05) is 0 Å². The minimum Gasteiger partial charge on any atom is -0.486 e. The minimum atomic E-state index is 0.556. The van der Waals surface area contributed by atoms with Crippen molar-refractivity contribution in [3.05, 3.63) is 28.2 Å². The summed E-state index contributed by atoms with van der Waals surface area (Å²) in [7, 11) is 0. The molecule has 0 fully saturated rings. The number of hydrogen-bond donors (Lipinski definition) is 0. The minimum absolute atomic E-state index is 0.556. The predicted molar refractivity (Wildman–Crippen MR) is 60.2 cm³/mol. The van der Waals surface area contributed by atoms with Crippen LogP contribution in [0.25, 0.3) is 6.08 Å². The molecule has 1 aromatic carbocycles. The summed E-state index contributed by atoms with van der Waals surface area (Å²) in [6.07, 6.45) is 3.90. The summed E-state index contributed by atoms with van der Waals surface area (Å²) in [5, 5.41) is 0. The van der Waals surface area contributed by atoms with Crippen LogP contribution < -0.4 is 9.47 Å². The van der Waals surface area contributed by atoms with E-state index in [1.807, 2.05) is 12.1 Å². The summed E-state index contributed by atoms with van der Waals surface area (Å²) in [6, 6.07) is 3.73. The molecular formula is C11H9BrO3. The molecule has 0 aromatic heterocycles. The maximum absolute atomic E-state index is 10.2. The molecule has 0 radical (unpaired) electrons. The van der Waals surface area contributed by atoms with E-state index in [4.69, 9.17) is 9.47 Å². The Balaban J connectivity index is 2.40. The Morgan fingerprint density at radius 2 is 2.07 bits per heavy atom. The van der Waals surface area contributed by atoms with E-state index in [9.17, 15) is 4.79 Å². The second-order valence-electron chi connectivity index (χ2n) is 3.02. The van der Waals surface area contributed by atoms with Gasteiger partial charge in [-0.3, -0.25) is 4.79 Å². The zero-order valence-electron chi connectivity index (χ0n) is 7.90. The summed E-state index contributed by atoms with van der Waals surface area (Å²) in [4.78, 5) is 10.2. The van der Waals surface area contributed by atoms with Crippen LogP contribution in [0.1, 0.15) is 5.56 Å². The van der Waals surface area contributed by atoms with Crippen LogP contribution in [0.5, 0.6) is 11.5 Å². The van der Waals surface area contributed by atoms with E-state index in [2.05, 4.69) is 15.9 Å². The standard InChI is InChI=1S/C11H9BrO3/c12-9-6-8(2-1-3-13)7-10-11(9)15-5-4-14-10/h1-3,6-7H,4-5H2/b2-1+. The van der Waals surface area contributed by atoms with Gasteiger partial charge in [0.25, 0.3) is 0 Å². The predicted octanol–water partition coefficient (Wildman–Crippen LogP) is 2.43. The highest BCUT2D eigenvalue weighted by atomic mass is 79.9. The second kappa shape index (κ2) is 4.49. The van der Waals surface area contributed by atoms with Gasteiger partial charge >= 0.3 is 0 Å². The first-order valence-corrected chi connectivity index (χ1v) is 5.31. The number of fused-ring (bicyclic) bond motifs is 1. The highest BCUT2D eigenvalue weighted by Gasteiger charge is 2.15. The second-order valence-corrected chi connectivity index (χ2v) is 3.88. The largest absolute Gasteiger partial charge is 0.486 e. The quantitative estimate of drug-likeness (QED) is 0.611. The van der Waals surface area contributed by atoms with E-state index in [0.29, 0.717) is 19.0 Å². The smallest absolute Gasteiger partial charge is 0.175 e. The van der Waals surface area contributed by atoms with Crippen molar-refractivity contribution in [1.82, 2.24) is 0 Å². The van der Waals surface area contributed by atoms with Gasteiger partial charge in [0.2, 0.25) is 0 Å². The van der Waals surface area contributed by atoms with E-state index >= 15 is 0 Å². The maximum Gasteiger partial charge on any atom is 0.175 e. The number of hydrogen-bond acceptors (Lipinski definition) is 3. The number of benzene rings is 1. The fraction of sp³-hybridized carbons (Fsp3) is 0.182. The average molecular weight is 269 g/mol. The third-order valence-corrected chi connectivity index (χ3v) is 2.58. The molecule has 0 bridgehead atoms. The topological polar surface area (TPSA) is 35.5 Å². The Morgan fingerprint density at radius 1 is 1.27 bits per heavy atom. The van der Waals surface area contributed by atoms with Crippen LogP contribution in [0.3, 0.4) is 0 Å². The molecule has 0 saturated heterocycles. The summed E-state index contributed by atoms with van der Waals surface area (Å²) in [6.45, 7) is 1.12. The Labute approximate surface area is 95.8 Å². The molecule has 78 valence electrons. The Hall–Kier alpha value is -1.29. The van der Waals surface area contributed by atoms with Crippen LogP contribution in [-0.2, 0) is 4.79 Å². The van der Waals surface area contributed by atoms with Crippen LogP contribution in [0.4, 0.5) is 0 Å². The first-order valence-electron chi connectivity index (χ1n) is 4.52. The molecule has 0 amide bonds. The lowest BCUT2D eigenvalue weighted by molar-refractivity contribution is -0.104. The molecule has 0 N–H and O–H groups in total. The van der Waals surface area contributed by atoms with Crippen LogP contribution in [0, 0.1) is 0 Å². The normalized spacial score (nSPS) is 14.2. The van der Waals surface area contributed by atoms with Crippen molar-refractivity contribution in [2.75, 3.05) is 13.2 Å². The molecule has 1 aliphatic heterocycles. The van der Waals surface area contributed by atoms with Gasteiger partial charge in [-0.05, 0) is 39.7 Å². The molecule has 1 aliphatic rings. The molecule has 1 aromatic rings. The van der Waals surface area contributed by atoms with Crippen LogP contribution in [0.15, 0.2) is 22.7 Å². The molecule has 3 nitrogen and oxygen atoms in total. The van der Waals surface area contributed by atoms with Crippen molar-refractivity contribution >= 4 is 28.3 Å². The molecule has 15 heavy (non-hydrogen) atoms. The number of rotatable bonds is 2. The summed E-state index contributed by atoms with van der Waals surface area (Å²) >= 11 is 3.40. The fourth-order valence-corrected chi connectivity index (χ4v) is 1.95. The lowest BCUT2D eigenvalue weighted by Crippen LogP contribution is -2.15. The molecule has 0 atom stereocenters. The number of ether oxygens (including phenoxy) is 2. The van der Waals surface area contributed by atoms with E-state index in [1.165, 1.54) is 6.08 Å². The number of carbonyl (C=O) groups excluding carboxylic acids is 1. The fourth-order valence-electron chi connectivity index (χ4n) is 1.38.